The van der Waals surface area contributed by atoms with Crippen LogP contribution in [0, 0.1) is 23.7 Å². The highest BCUT2D eigenvalue weighted by atomic mass is 16.5. The second-order valence-electron chi connectivity index (χ2n) is 7.13. The summed E-state index contributed by atoms with van der Waals surface area (Å²) in [5.74, 6) is 12.1. The summed E-state index contributed by atoms with van der Waals surface area (Å²) < 4.78 is 5.01. The van der Waals surface area contributed by atoms with Gasteiger partial charge in [0.2, 0.25) is 0 Å². The van der Waals surface area contributed by atoms with Crippen molar-refractivity contribution < 1.29 is 14.3 Å². The molecule has 0 N–H and O–H groups in total. The fraction of sp³-hybridized carbons (Fsp3) is 0.0667. The number of hydrogen-bond acceptors (Lipinski definition) is 3. The molecule has 0 spiro atoms. The van der Waals surface area contributed by atoms with E-state index in [2.05, 4.69) is 36.8 Å². The van der Waals surface area contributed by atoms with Gasteiger partial charge in [0.1, 0.15) is 6.61 Å². The van der Waals surface area contributed by atoms with Gasteiger partial charge in [0, 0.05) is 34.8 Å². The van der Waals surface area contributed by atoms with Crippen LogP contribution in [0.3, 0.4) is 0 Å². The Hall–Kier alpha value is -4.60. The third-order valence-corrected chi connectivity index (χ3v) is 4.65. The fourth-order valence-corrected chi connectivity index (χ4v) is 2.80. The average Bonchev–Trinajstić information content (AvgIpc) is 2.86. The Bertz CT molecular complexity index is 1270. The van der Waals surface area contributed by atoms with Crippen molar-refractivity contribution in [1.82, 2.24) is 0 Å². The largest absolute Gasteiger partial charge is 0.458 e. The van der Waals surface area contributed by atoms with Crippen LogP contribution in [-0.4, -0.2) is 11.8 Å². The highest BCUT2D eigenvalue weighted by Crippen LogP contribution is 2.08. The smallest absolute Gasteiger partial charge is 0.330 e. The molecule has 160 valence electrons. The molecule has 0 aliphatic carbocycles. The Labute approximate surface area is 194 Å². The lowest BCUT2D eigenvalue weighted by atomic mass is 10.1. The van der Waals surface area contributed by atoms with Crippen molar-refractivity contribution in [3.8, 4) is 23.7 Å². The number of esters is 1. The monoisotopic (exact) mass is 430 g/mol. The maximum Gasteiger partial charge on any atom is 0.330 e. The van der Waals surface area contributed by atoms with Crippen molar-refractivity contribution in [2.24, 2.45) is 0 Å². The van der Waals surface area contributed by atoms with E-state index in [0.29, 0.717) is 6.42 Å². The Kier molecular flexibility index (Phi) is 8.18. The highest BCUT2D eigenvalue weighted by molar-refractivity contribution is 5.90. The highest BCUT2D eigenvalue weighted by Gasteiger charge is 1.99. The Morgan fingerprint density at radius 1 is 0.636 bits per heavy atom. The predicted molar refractivity (Wildman–Crippen MR) is 130 cm³/mol. The first-order chi connectivity index (χ1) is 16.1. The number of ketones is 1. The summed E-state index contributed by atoms with van der Waals surface area (Å²) >= 11 is 0. The molecule has 3 heteroatoms. The van der Waals surface area contributed by atoms with Crippen LogP contribution in [-0.2, 0) is 27.4 Å². The van der Waals surface area contributed by atoms with Gasteiger partial charge in [0.25, 0.3) is 0 Å². The van der Waals surface area contributed by atoms with Gasteiger partial charge in [-0.1, -0.05) is 61.1 Å². The van der Waals surface area contributed by atoms with E-state index in [-0.39, 0.29) is 12.4 Å². The summed E-state index contributed by atoms with van der Waals surface area (Å²) in [5, 5.41) is 0. The second kappa shape index (κ2) is 11.7. The SMILES string of the molecule is C=CC(=O)Cc1ccc(C#Cc2ccc(C#Cc3ccc(COC(=O)C=C)cc3)cc2)cc1. The van der Waals surface area contributed by atoms with E-state index in [4.69, 9.17) is 4.74 Å². The van der Waals surface area contributed by atoms with Crippen LogP contribution in [0.5, 0.6) is 0 Å². The number of carbonyl (C=O) groups is 2. The Morgan fingerprint density at radius 3 is 1.42 bits per heavy atom. The zero-order valence-electron chi connectivity index (χ0n) is 18.1. The lowest BCUT2D eigenvalue weighted by molar-refractivity contribution is -0.139. The van der Waals surface area contributed by atoms with E-state index in [1.165, 1.54) is 6.08 Å². The molecule has 0 saturated heterocycles. The van der Waals surface area contributed by atoms with Crippen LogP contribution >= 0.6 is 0 Å². The number of ether oxygens (including phenoxy) is 1. The van der Waals surface area contributed by atoms with Crippen molar-refractivity contribution in [2.45, 2.75) is 13.0 Å². The summed E-state index contributed by atoms with van der Waals surface area (Å²) in [6.45, 7) is 7.07. The summed E-state index contributed by atoms with van der Waals surface area (Å²) in [7, 11) is 0. The molecule has 0 atom stereocenters. The standard InChI is InChI=1S/C30H22O3/c1-3-29(31)21-27-17-13-25(14-18-27)11-9-23-5-7-24(8-6-23)10-12-26-15-19-28(20-16-26)22-33-30(32)4-2/h3-8,13-20H,1-2,21-22H2. The molecule has 0 saturated carbocycles. The van der Waals surface area contributed by atoms with Gasteiger partial charge >= 0.3 is 5.97 Å². The number of benzene rings is 3. The minimum atomic E-state index is -0.443. The summed E-state index contributed by atoms with van der Waals surface area (Å²) in [4.78, 5) is 22.5. The molecule has 0 aliphatic heterocycles. The maximum absolute atomic E-state index is 11.4. The van der Waals surface area contributed by atoms with Crippen LogP contribution < -0.4 is 0 Å². The summed E-state index contributed by atoms with van der Waals surface area (Å²) in [5.41, 5.74) is 5.37. The van der Waals surface area contributed by atoms with E-state index in [1.54, 1.807) is 0 Å². The van der Waals surface area contributed by atoms with Gasteiger partial charge in [-0.2, -0.15) is 0 Å². The molecule has 0 heterocycles. The molecule has 0 bridgehead atoms. The minimum absolute atomic E-state index is 0.000537. The van der Waals surface area contributed by atoms with Crippen molar-refractivity contribution in [3.05, 3.63) is 131 Å². The third kappa shape index (κ3) is 7.55. The van der Waals surface area contributed by atoms with Crippen LogP contribution in [0.25, 0.3) is 0 Å². The molecule has 3 aromatic rings. The van der Waals surface area contributed by atoms with Crippen LogP contribution in [0.1, 0.15) is 33.4 Å². The topological polar surface area (TPSA) is 43.4 Å². The molecule has 0 radical (unpaired) electrons. The lowest BCUT2D eigenvalue weighted by Gasteiger charge is -2.01. The molecular weight excluding hydrogens is 408 g/mol. The third-order valence-electron chi connectivity index (χ3n) is 4.65. The summed E-state index contributed by atoms with van der Waals surface area (Å²) in [6, 6.07) is 22.9. The zero-order valence-corrected chi connectivity index (χ0v) is 18.1. The number of allylic oxidation sites excluding steroid dienone is 1. The molecule has 3 nitrogen and oxygen atoms in total. The number of hydrogen-bond donors (Lipinski definition) is 0. The van der Waals surface area contributed by atoms with Gasteiger partial charge in [-0.05, 0) is 65.7 Å². The second-order valence-corrected chi connectivity index (χ2v) is 7.13. The molecule has 3 rings (SSSR count). The van der Waals surface area contributed by atoms with Crippen molar-refractivity contribution in [3.63, 3.8) is 0 Å². The zero-order chi connectivity index (χ0) is 23.5. The molecule has 0 amide bonds. The van der Waals surface area contributed by atoms with Crippen molar-refractivity contribution >= 4 is 11.8 Å². The number of carbonyl (C=O) groups excluding carboxylic acids is 2. The first-order valence-corrected chi connectivity index (χ1v) is 10.3. The van der Waals surface area contributed by atoms with Crippen molar-refractivity contribution in [2.75, 3.05) is 0 Å². The van der Waals surface area contributed by atoms with Gasteiger partial charge in [0.05, 0.1) is 0 Å². The fourth-order valence-electron chi connectivity index (χ4n) is 2.80. The molecular formula is C30H22O3. The normalized spacial score (nSPS) is 9.45. The molecule has 0 unspecified atom stereocenters. The van der Waals surface area contributed by atoms with Crippen LogP contribution in [0.4, 0.5) is 0 Å². The predicted octanol–water partition coefficient (Wildman–Crippen LogP) is 5.01. The van der Waals surface area contributed by atoms with Crippen LogP contribution in [0.2, 0.25) is 0 Å². The quantitative estimate of drug-likeness (QED) is 0.314. The summed E-state index contributed by atoms with van der Waals surface area (Å²) in [6.07, 6.45) is 2.84. The van der Waals surface area contributed by atoms with E-state index in [1.807, 2.05) is 72.8 Å². The van der Waals surface area contributed by atoms with Crippen LogP contribution in [0.15, 0.2) is 98.1 Å². The maximum atomic E-state index is 11.4. The van der Waals surface area contributed by atoms with E-state index in [9.17, 15) is 9.59 Å². The molecule has 33 heavy (non-hydrogen) atoms. The molecule has 3 aromatic carbocycles. The first kappa shape index (κ1) is 23.1. The Balaban J connectivity index is 1.59. The molecule has 0 aliphatic rings. The molecule has 0 aromatic heterocycles. The minimum Gasteiger partial charge on any atom is -0.458 e. The lowest BCUT2D eigenvalue weighted by Crippen LogP contribution is -1.99. The Morgan fingerprint density at radius 2 is 1.03 bits per heavy atom. The van der Waals surface area contributed by atoms with Gasteiger partial charge < -0.3 is 4.74 Å². The van der Waals surface area contributed by atoms with E-state index in [0.717, 1.165) is 39.5 Å². The van der Waals surface area contributed by atoms with E-state index < -0.39 is 5.97 Å². The van der Waals surface area contributed by atoms with Gasteiger partial charge in [0.15, 0.2) is 5.78 Å². The first-order valence-electron chi connectivity index (χ1n) is 10.3. The molecule has 0 fully saturated rings. The average molecular weight is 431 g/mol. The van der Waals surface area contributed by atoms with E-state index >= 15 is 0 Å². The van der Waals surface area contributed by atoms with Gasteiger partial charge in [-0.25, -0.2) is 4.79 Å². The number of rotatable bonds is 6. The van der Waals surface area contributed by atoms with Gasteiger partial charge in [-0.3, -0.25) is 4.79 Å². The van der Waals surface area contributed by atoms with Crippen molar-refractivity contribution in [1.29, 1.82) is 0 Å². The van der Waals surface area contributed by atoms with Gasteiger partial charge in [-0.15, -0.1) is 0 Å².